The van der Waals surface area contributed by atoms with Gasteiger partial charge in [-0.25, -0.2) is 9.59 Å². The standard InChI is InChI=1S/C16H17F6N3O3/c17-15(18,19)12(16(20,21)22)28-14(27)25-8-6-11(7-9-25)24-13(26)23-10-4-2-1-3-5-10/h1-5,11-12H,6-9H2,(H2,23,24,26). The predicted octanol–water partition coefficient (Wildman–Crippen LogP) is 3.90. The molecule has 3 amide bonds. The molecule has 12 heteroatoms. The minimum Gasteiger partial charge on any atom is -0.426 e. The number of hydrogen-bond donors (Lipinski definition) is 2. The highest BCUT2D eigenvalue weighted by Gasteiger charge is 2.60. The van der Waals surface area contributed by atoms with E-state index in [9.17, 15) is 35.9 Å². The van der Waals surface area contributed by atoms with Crippen molar-refractivity contribution < 1.29 is 40.7 Å². The van der Waals surface area contributed by atoms with Gasteiger partial charge in [0.15, 0.2) is 0 Å². The van der Waals surface area contributed by atoms with Gasteiger partial charge in [-0.1, -0.05) is 18.2 Å². The van der Waals surface area contributed by atoms with Gasteiger partial charge in [0.05, 0.1) is 0 Å². The number of carbonyl (C=O) groups is 2. The Morgan fingerprint density at radius 3 is 2.04 bits per heavy atom. The summed E-state index contributed by atoms with van der Waals surface area (Å²) in [7, 11) is 0. The van der Waals surface area contributed by atoms with Gasteiger partial charge in [-0.2, -0.15) is 26.3 Å². The summed E-state index contributed by atoms with van der Waals surface area (Å²) in [6, 6.07) is 7.62. The molecule has 1 saturated heterocycles. The smallest absolute Gasteiger partial charge is 0.426 e. The molecule has 0 saturated carbocycles. The molecular weight excluding hydrogens is 396 g/mol. The lowest BCUT2D eigenvalue weighted by Crippen LogP contribution is -2.51. The number of amides is 3. The van der Waals surface area contributed by atoms with Crippen LogP contribution in [0.15, 0.2) is 30.3 Å². The molecule has 0 atom stereocenters. The van der Waals surface area contributed by atoms with Gasteiger partial charge in [0, 0.05) is 24.8 Å². The zero-order valence-corrected chi connectivity index (χ0v) is 14.3. The molecule has 1 fully saturated rings. The van der Waals surface area contributed by atoms with Crippen molar-refractivity contribution in [2.24, 2.45) is 0 Å². The molecule has 0 unspecified atom stereocenters. The van der Waals surface area contributed by atoms with Crippen LogP contribution in [-0.4, -0.2) is 54.6 Å². The topological polar surface area (TPSA) is 70.7 Å². The lowest BCUT2D eigenvalue weighted by molar-refractivity contribution is -0.308. The number of alkyl halides is 6. The average molecular weight is 413 g/mol. The number of benzene rings is 1. The summed E-state index contributed by atoms with van der Waals surface area (Å²) < 4.78 is 78.4. The largest absolute Gasteiger partial charge is 0.434 e. The number of urea groups is 1. The highest BCUT2D eigenvalue weighted by atomic mass is 19.4. The lowest BCUT2D eigenvalue weighted by Gasteiger charge is -2.33. The molecule has 1 aromatic rings. The average Bonchev–Trinajstić information content (AvgIpc) is 2.59. The number of likely N-dealkylation sites (tertiary alicyclic amines) is 1. The van der Waals surface area contributed by atoms with Gasteiger partial charge in [0.25, 0.3) is 6.10 Å². The Kier molecular flexibility index (Phi) is 6.62. The van der Waals surface area contributed by atoms with Crippen LogP contribution in [0.25, 0.3) is 0 Å². The minimum atomic E-state index is -5.76. The summed E-state index contributed by atoms with van der Waals surface area (Å²) in [4.78, 5) is 24.3. The third kappa shape index (κ3) is 6.20. The number of para-hydroxylation sites is 1. The van der Waals surface area contributed by atoms with E-state index in [1.165, 1.54) is 0 Å². The second kappa shape index (κ2) is 8.57. The van der Waals surface area contributed by atoms with E-state index in [4.69, 9.17) is 0 Å². The van der Waals surface area contributed by atoms with Crippen molar-refractivity contribution in [3.63, 3.8) is 0 Å². The number of anilines is 1. The van der Waals surface area contributed by atoms with Gasteiger partial charge in [-0.3, -0.25) is 0 Å². The maximum Gasteiger partial charge on any atom is 0.434 e. The van der Waals surface area contributed by atoms with E-state index in [0.717, 1.165) is 4.90 Å². The van der Waals surface area contributed by atoms with E-state index in [2.05, 4.69) is 15.4 Å². The summed E-state index contributed by atoms with van der Waals surface area (Å²) in [5, 5.41) is 5.20. The first kappa shape index (κ1) is 21.6. The number of halogens is 6. The van der Waals surface area contributed by atoms with E-state index in [0.29, 0.717) is 5.69 Å². The molecule has 1 heterocycles. The Hall–Kier alpha value is -2.66. The lowest BCUT2D eigenvalue weighted by atomic mass is 10.1. The number of nitrogens with one attached hydrogen (secondary N) is 2. The molecule has 2 rings (SSSR count). The number of carbonyl (C=O) groups excluding carboxylic acids is 2. The zero-order chi connectivity index (χ0) is 20.9. The first-order chi connectivity index (χ1) is 13.0. The molecule has 0 aromatic heterocycles. The Morgan fingerprint density at radius 1 is 1.00 bits per heavy atom. The monoisotopic (exact) mass is 413 g/mol. The van der Waals surface area contributed by atoms with Gasteiger partial charge in [0.1, 0.15) is 0 Å². The maximum atomic E-state index is 12.5. The maximum absolute atomic E-state index is 12.5. The fraction of sp³-hybridized carbons (Fsp3) is 0.500. The van der Waals surface area contributed by atoms with Crippen LogP contribution in [0.1, 0.15) is 12.8 Å². The van der Waals surface area contributed by atoms with Crippen molar-refractivity contribution in [3.8, 4) is 0 Å². The van der Waals surface area contributed by atoms with Crippen LogP contribution in [-0.2, 0) is 4.74 Å². The van der Waals surface area contributed by atoms with E-state index in [-0.39, 0.29) is 25.9 Å². The van der Waals surface area contributed by atoms with Crippen molar-refractivity contribution in [3.05, 3.63) is 30.3 Å². The Bertz CT molecular complexity index is 658. The molecular formula is C16H17F6N3O3. The number of ether oxygens (including phenoxy) is 1. The SMILES string of the molecule is O=C(Nc1ccccc1)NC1CCN(C(=O)OC(C(F)(F)F)C(F)(F)F)CC1. The van der Waals surface area contributed by atoms with Gasteiger partial charge < -0.3 is 20.3 Å². The zero-order valence-electron chi connectivity index (χ0n) is 14.3. The fourth-order valence-corrected chi connectivity index (χ4v) is 2.58. The van der Waals surface area contributed by atoms with Gasteiger partial charge in [-0.05, 0) is 25.0 Å². The first-order valence-electron chi connectivity index (χ1n) is 8.18. The molecule has 2 N–H and O–H groups in total. The van der Waals surface area contributed by atoms with Crippen LogP contribution >= 0.6 is 0 Å². The number of nitrogens with zero attached hydrogens (tertiary/aromatic N) is 1. The van der Waals surface area contributed by atoms with E-state index in [1.54, 1.807) is 30.3 Å². The molecule has 0 aliphatic carbocycles. The molecule has 1 aliphatic heterocycles. The van der Waals surface area contributed by atoms with E-state index >= 15 is 0 Å². The summed E-state index contributed by atoms with van der Waals surface area (Å²) in [6.45, 7) is -0.310. The summed E-state index contributed by atoms with van der Waals surface area (Å²) >= 11 is 0. The molecule has 1 aromatic carbocycles. The fourth-order valence-electron chi connectivity index (χ4n) is 2.58. The number of hydrogen-bond acceptors (Lipinski definition) is 3. The molecule has 28 heavy (non-hydrogen) atoms. The van der Waals surface area contributed by atoms with Crippen LogP contribution in [0.4, 0.5) is 41.6 Å². The van der Waals surface area contributed by atoms with Crippen LogP contribution in [0, 0.1) is 0 Å². The van der Waals surface area contributed by atoms with Crippen molar-refractivity contribution in [2.45, 2.75) is 37.3 Å². The van der Waals surface area contributed by atoms with Gasteiger partial charge in [0.2, 0.25) is 0 Å². The predicted molar refractivity (Wildman–Crippen MR) is 85.6 cm³/mol. The van der Waals surface area contributed by atoms with E-state index in [1.807, 2.05) is 0 Å². The number of rotatable bonds is 3. The second-order valence-electron chi connectivity index (χ2n) is 6.07. The molecule has 0 bridgehead atoms. The van der Waals surface area contributed by atoms with Crippen LogP contribution in [0.3, 0.4) is 0 Å². The Labute approximate surface area is 155 Å². The summed E-state index contributed by atoms with van der Waals surface area (Å²) in [5.41, 5.74) is 0.548. The van der Waals surface area contributed by atoms with Crippen LogP contribution < -0.4 is 10.6 Å². The van der Waals surface area contributed by atoms with E-state index < -0.39 is 36.6 Å². The van der Waals surface area contributed by atoms with Gasteiger partial charge in [-0.15, -0.1) is 0 Å². The molecule has 6 nitrogen and oxygen atoms in total. The van der Waals surface area contributed by atoms with Crippen molar-refractivity contribution in [1.82, 2.24) is 10.2 Å². The second-order valence-corrected chi connectivity index (χ2v) is 6.07. The molecule has 156 valence electrons. The third-order valence-electron chi connectivity index (χ3n) is 3.93. The van der Waals surface area contributed by atoms with Gasteiger partial charge >= 0.3 is 24.5 Å². The normalized spacial score (nSPS) is 16.0. The van der Waals surface area contributed by atoms with Crippen LogP contribution in [0.5, 0.6) is 0 Å². The quantitative estimate of drug-likeness (QED) is 0.739. The highest BCUT2D eigenvalue weighted by molar-refractivity contribution is 5.89. The molecule has 0 spiro atoms. The molecule has 0 radical (unpaired) electrons. The minimum absolute atomic E-state index is 0.153. The number of piperidine rings is 1. The first-order valence-corrected chi connectivity index (χ1v) is 8.18. The highest BCUT2D eigenvalue weighted by Crippen LogP contribution is 2.36. The van der Waals surface area contributed by atoms with Crippen LogP contribution in [0.2, 0.25) is 0 Å². The summed E-state index contributed by atoms with van der Waals surface area (Å²) in [6.07, 6.45) is -17.1. The summed E-state index contributed by atoms with van der Waals surface area (Å²) in [5.74, 6) is 0. The van der Waals surface area contributed by atoms with Crippen molar-refractivity contribution >= 4 is 17.8 Å². The Balaban J connectivity index is 1.82. The Morgan fingerprint density at radius 2 is 1.54 bits per heavy atom. The third-order valence-corrected chi connectivity index (χ3v) is 3.93. The molecule has 1 aliphatic rings. The van der Waals surface area contributed by atoms with Crippen molar-refractivity contribution in [1.29, 1.82) is 0 Å². The van der Waals surface area contributed by atoms with Crippen molar-refractivity contribution in [2.75, 3.05) is 18.4 Å².